The number of carboxylic acids is 1. The fourth-order valence-electron chi connectivity index (χ4n) is 0.354. The van der Waals surface area contributed by atoms with Gasteiger partial charge >= 0.3 is 11.9 Å². The van der Waals surface area contributed by atoms with Gasteiger partial charge in [0.1, 0.15) is 0 Å². The number of hydrogen-bond donors (Lipinski definition) is 1. The molecule has 0 saturated carbocycles. The van der Waals surface area contributed by atoms with Crippen LogP contribution in [0.5, 0.6) is 0 Å². The smallest absolute Gasteiger partial charge is 0.355 e. The zero-order valence-corrected chi connectivity index (χ0v) is 6.26. The Morgan fingerprint density at radius 3 is 2.36 bits per heavy atom. The third-order valence-electron chi connectivity index (χ3n) is 1.06. The SMILES string of the molecule is CCOC(=O)[C@@](C)(F)C(=O)O. The van der Waals surface area contributed by atoms with Gasteiger partial charge in [-0.15, -0.1) is 0 Å². The largest absolute Gasteiger partial charge is 0.478 e. The van der Waals surface area contributed by atoms with E-state index in [-0.39, 0.29) is 6.61 Å². The summed E-state index contributed by atoms with van der Waals surface area (Å²) in [7, 11) is 0. The predicted octanol–water partition coefficient (Wildman–Crippen LogP) is 0.362. The molecule has 0 aromatic carbocycles. The molecule has 0 bridgehead atoms. The lowest BCUT2D eigenvalue weighted by Gasteiger charge is -2.12. The summed E-state index contributed by atoms with van der Waals surface area (Å²) >= 11 is 0. The van der Waals surface area contributed by atoms with E-state index in [2.05, 4.69) is 4.74 Å². The van der Waals surface area contributed by atoms with Gasteiger partial charge in [0, 0.05) is 0 Å². The molecular formula is C6H9FO4. The number of aliphatic carboxylic acids is 1. The van der Waals surface area contributed by atoms with Crippen LogP contribution >= 0.6 is 0 Å². The molecule has 0 fully saturated rings. The summed E-state index contributed by atoms with van der Waals surface area (Å²) in [5.41, 5.74) is -2.93. The highest BCUT2D eigenvalue weighted by Crippen LogP contribution is 2.12. The first kappa shape index (κ1) is 9.87. The van der Waals surface area contributed by atoms with Gasteiger partial charge in [0.2, 0.25) is 0 Å². The van der Waals surface area contributed by atoms with Crippen LogP contribution in [0.25, 0.3) is 0 Å². The zero-order chi connectivity index (χ0) is 9.07. The normalized spacial score (nSPS) is 15.2. The van der Waals surface area contributed by atoms with Crippen LogP contribution in [-0.2, 0) is 14.3 Å². The standard InChI is InChI=1S/C6H9FO4/c1-3-11-5(10)6(2,7)4(8)9/h3H2,1-2H3,(H,8,9)/t6-/m0/s1. The van der Waals surface area contributed by atoms with Gasteiger partial charge in [0.15, 0.2) is 0 Å². The van der Waals surface area contributed by atoms with Crippen LogP contribution in [0.1, 0.15) is 13.8 Å². The van der Waals surface area contributed by atoms with Gasteiger partial charge in [-0.05, 0) is 13.8 Å². The van der Waals surface area contributed by atoms with Crippen molar-refractivity contribution in [2.45, 2.75) is 19.5 Å². The summed E-state index contributed by atoms with van der Waals surface area (Å²) in [5, 5.41) is 8.16. The van der Waals surface area contributed by atoms with Gasteiger partial charge < -0.3 is 9.84 Å². The molecular weight excluding hydrogens is 155 g/mol. The maximum Gasteiger partial charge on any atom is 0.355 e. The molecule has 0 aliphatic heterocycles. The number of carbonyl (C=O) groups is 2. The number of carbonyl (C=O) groups excluding carboxylic acids is 1. The van der Waals surface area contributed by atoms with Crippen molar-refractivity contribution < 1.29 is 23.8 Å². The van der Waals surface area contributed by atoms with E-state index in [1.165, 1.54) is 6.92 Å². The molecule has 1 atom stereocenters. The summed E-state index contributed by atoms with van der Waals surface area (Å²) < 4.78 is 16.9. The second kappa shape index (κ2) is 3.32. The number of hydrogen-bond acceptors (Lipinski definition) is 3. The van der Waals surface area contributed by atoms with Crippen molar-refractivity contribution in [1.82, 2.24) is 0 Å². The molecule has 0 aromatic heterocycles. The minimum absolute atomic E-state index is 0.0361. The molecule has 1 N–H and O–H groups in total. The third kappa shape index (κ3) is 2.18. The Morgan fingerprint density at radius 1 is 1.64 bits per heavy atom. The Balaban J connectivity index is 4.30. The summed E-state index contributed by atoms with van der Waals surface area (Å²) in [6, 6.07) is 0. The first-order chi connectivity index (χ1) is 4.92. The van der Waals surface area contributed by atoms with E-state index >= 15 is 0 Å². The van der Waals surface area contributed by atoms with Crippen LogP contribution in [0.2, 0.25) is 0 Å². The molecule has 64 valence electrons. The molecule has 5 heteroatoms. The third-order valence-corrected chi connectivity index (χ3v) is 1.06. The first-order valence-corrected chi connectivity index (χ1v) is 3.02. The average molecular weight is 164 g/mol. The molecule has 11 heavy (non-hydrogen) atoms. The highest BCUT2D eigenvalue weighted by Gasteiger charge is 2.43. The van der Waals surface area contributed by atoms with Crippen molar-refractivity contribution in [3.63, 3.8) is 0 Å². The summed E-state index contributed by atoms with van der Waals surface area (Å²) in [4.78, 5) is 20.6. The van der Waals surface area contributed by atoms with Crippen molar-refractivity contribution >= 4 is 11.9 Å². The highest BCUT2D eigenvalue weighted by molar-refractivity contribution is 6.01. The number of halogens is 1. The molecule has 0 unspecified atom stereocenters. The van der Waals surface area contributed by atoms with Crippen LogP contribution in [-0.4, -0.2) is 29.3 Å². The van der Waals surface area contributed by atoms with Crippen molar-refractivity contribution in [1.29, 1.82) is 0 Å². The maximum atomic E-state index is 12.7. The van der Waals surface area contributed by atoms with Crippen LogP contribution in [0, 0.1) is 0 Å². The van der Waals surface area contributed by atoms with Crippen LogP contribution in [0.4, 0.5) is 4.39 Å². The highest BCUT2D eigenvalue weighted by atomic mass is 19.1. The first-order valence-electron chi connectivity index (χ1n) is 3.02. The Morgan fingerprint density at radius 2 is 2.09 bits per heavy atom. The Kier molecular flexibility index (Phi) is 2.98. The minimum Gasteiger partial charge on any atom is -0.478 e. The van der Waals surface area contributed by atoms with Crippen molar-refractivity contribution in [2.24, 2.45) is 0 Å². The van der Waals surface area contributed by atoms with Gasteiger partial charge in [-0.3, -0.25) is 0 Å². The lowest BCUT2D eigenvalue weighted by molar-refractivity contribution is -0.169. The number of esters is 1. The summed E-state index contributed by atoms with van der Waals surface area (Å²) in [6.45, 7) is 2.08. The fraction of sp³-hybridized carbons (Fsp3) is 0.667. The number of carboxylic acid groups (broad SMARTS) is 1. The van der Waals surface area contributed by atoms with Crippen LogP contribution < -0.4 is 0 Å². The van der Waals surface area contributed by atoms with Crippen LogP contribution in [0.15, 0.2) is 0 Å². The minimum atomic E-state index is -2.93. The molecule has 0 spiro atoms. The van der Waals surface area contributed by atoms with E-state index in [0.29, 0.717) is 6.92 Å². The maximum absolute atomic E-state index is 12.7. The van der Waals surface area contributed by atoms with E-state index in [9.17, 15) is 14.0 Å². The number of alkyl halides is 1. The Labute approximate surface area is 63.0 Å². The molecule has 0 aliphatic carbocycles. The molecule has 0 heterocycles. The molecule has 0 aliphatic rings. The quantitative estimate of drug-likeness (QED) is 0.483. The lowest BCUT2D eigenvalue weighted by Crippen LogP contribution is -2.40. The molecule has 0 radical (unpaired) electrons. The molecule has 0 amide bonds. The van der Waals surface area contributed by atoms with Crippen molar-refractivity contribution in [2.75, 3.05) is 6.61 Å². The van der Waals surface area contributed by atoms with Gasteiger partial charge in [-0.1, -0.05) is 0 Å². The monoisotopic (exact) mass is 164 g/mol. The second-order valence-electron chi connectivity index (χ2n) is 2.03. The van der Waals surface area contributed by atoms with Crippen molar-refractivity contribution in [3.05, 3.63) is 0 Å². The van der Waals surface area contributed by atoms with Gasteiger partial charge in [0.25, 0.3) is 5.67 Å². The summed E-state index contributed by atoms with van der Waals surface area (Å²) in [5.74, 6) is -3.21. The number of ether oxygens (including phenoxy) is 1. The topological polar surface area (TPSA) is 63.6 Å². The molecule has 0 aromatic rings. The number of rotatable bonds is 3. The van der Waals surface area contributed by atoms with E-state index in [4.69, 9.17) is 5.11 Å². The second-order valence-corrected chi connectivity index (χ2v) is 2.03. The van der Waals surface area contributed by atoms with Gasteiger partial charge in [-0.25, -0.2) is 14.0 Å². The Hall–Kier alpha value is -1.13. The Bertz CT molecular complexity index is 175. The lowest BCUT2D eigenvalue weighted by atomic mass is 10.1. The molecule has 0 saturated heterocycles. The summed E-state index contributed by atoms with van der Waals surface area (Å²) in [6.07, 6.45) is 0. The zero-order valence-electron chi connectivity index (χ0n) is 6.26. The van der Waals surface area contributed by atoms with E-state index in [1.807, 2.05) is 0 Å². The fourth-order valence-corrected chi connectivity index (χ4v) is 0.354. The van der Waals surface area contributed by atoms with Crippen LogP contribution in [0.3, 0.4) is 0 Å². The van der Waals surface area contributed by atoms with E-state index < -0.39 is 17.6 Å². The van der Waals surface area contributed by atoms with E-state index in [1.54, 1.807) is 0 Å². The van der Waals surface area contributed by atoms with Crippen molar-refractivity contribution in [3.8, 4) is 0 Å². The molecule has 4 nitrogen and oxygen atoms in total. The average Bonchev–Trinajstić information content (AvgIpc) is 1.88. The van der Waals surface area contributed by atoms with Gasteiger partial charge in [-0.2, -0.15) is 0 Å². The molecule has 0 rings (SSSR count). The van der Waals surface area contributed by atoms with Gasteiger partial charge in [0.05, 0.1) is 6.61 Å². The van der Waals surface area contributed by atoms with E-state index in [0.717, 1.165) is 0 Å². The predicted molar refractivity (Wildman–Crippen MR) is 33.8 cm³/mol.